The number of likely N-dealkylation sites (N-methyl/N-ethyl adjacent to an activating group) is 1. The molecule has 1 saturated carbocycles. The highest BCUT2D eigenvalue weighted by molar-refractivity contribution is 5.97. The van der Waals surface area contributed by atoms with Crippen LogP contribution in [0.5, 0.6) is 0 Å². The molecule has 1 aliphatic carbocycles. The molecule has 92 valence electrons. The number of carbonyl (C=O) groups is 1. The molecular weight excluding hydrogens is 216 g/mol. The van der Waals surface area contributed by atoms with Crippen LogP contribution in [-0.2, 0) is 0 Å². The number of nitrogens with one attached hydrogen (secondary N) is 1. The number of rotatable bonds is 6. The number of hydrogen-bond acceptors (Lipinski definition) is 4. The standard InChI is InChI=1S/C12H18N4O/c1-16(9-4-5-9)8-7-15-12-10(11(13)17)3-2-6-14-12/h2-3,6,9H,4-5,7-8H2,1H3,(H2,13,17)(H,14,15). The van der Waals surface area contributed by atoms with Crippen LogP contribution in [0.3, 0.4) is 0 Å². The Balaban J connectivity index is 1.87. The van der Waals surface area contributed by atoms with Crippen LogP contribution in [0.15, 0.2) is 18.3 Å². The van der Waals surface area contributed by atoms with Gasteiger partial charge in [0.25, 0.3) is 5.91 Å². The van der Waals surface area contributed by atoms with Crippen LogP contribution in [-0.4, -0.2) is 42.0 Å². The Hall–Kier alpha value is -1.62. The van der Waals surface area contributed by atoms with E-state index in [-0.39, 0.29) is 0 Å². The molecule has 17 heavy (non-hydrogen) atoms. The Labute approximate surface area is 101 Å². The molecule has 0 atom stereocenters. The first-order valence-electron chi connectivity index (χ1n) is 5.87. The number of aromatic nitrogens is 1. The summed E-state index contributed by atoms with van der Waals surface area (Å²) in [5.74, 6) is 0.125. The molecule has 2 rings (SSSR count). The van der Waals surface area contributed by atoms with Crippen LogP contribution in [0.25, 0.3) is 0 Å². The monoisotopic (exact) mass is 234 g/mol. The maximum absolute atomic E-state index is 11.2. The predicted octanol–water partition coefficient (Wildman–Crippen LogP) is 0.687. The zero-order chi connectivity index (χ0) is 12.3. The normalized spacial score (nSPS) is 14.9. The van der Waals surface area contributed by atoms with Gasteiger partial charge in [-0.25, -0.2) is 4.98 Å². The average Bonchev–Trinajstić information content (AvgIpc) is 3.13. The molecule has 5 heteroatoms. The molecule has 1 aromatic heterocycles. The fourth-order valence-corrected chi connectivity index (χ4v) is 1.79. The van der Waals surface area contributed by atoms with Crippen LogP contribution in [0.1, 0.15) is 23.2 Å². The van der Waals surface area contributed by atoms with E-state index < -0.39 is 5.91 Å². The van der Waals surface area contributed by atoms with E-state index in [2.05, 4.69) is 22.2 Å². The summed E-state index contributed by atoms with van der Waals surface area (Å²) in [7, 11) is 2.12. The highest BCUT2D eigenvalue weighted by Gasteiger charge is 2.25. The van der Waals surface area contributed by atoms with E-state index >= 15 is 0 Å². The van der Waals surface area contributed by atoms with E-state index in [9.17, 15) is 4.79 Å². The Bertz CT molecular complexity index is 403. The number of anilines is 1. The average molecular weight is 234 g/mol. The van der Waals surface area contributed by atoms with Gasteiger partial charge in [-0.3, -0.25) is 4.79 Å². The molecule has 0 spiro atoms. The summed E-state index contributed by atoms with van der Waals surface area (Å²) < 4.78 is 0. The van der Waals surface area contributed by atoms with E-state index in [1.54, 1.807) is 18.3 Å². The first-order chi connectivity index (χ1) is 8.18. The van der Waals surface area contributed by atoms with Crippen molar-refractivity contribution in [3.63, 3.8) is 0 Å². The first-order valence-corrected chi connectivity index (χ1v) is 5.87. The molecule has 3 N–H and O–H groups in total. The van der Waals surface area contributed by atoms with Gasteiger partial charge in [0, 0.05) is 25.3 Å². The summed E-state index contributed by atoms with van der Waals surface area (Å²) in [6.07, 6.45) is 4.25. The van der Waals surface area contributed by atoms with Gasteiger partial charge in [0.2, 0.25) is 0 Å². The highest BCUT2D eigenvalue weighted by atomic mass is 16.1. The molecule has 0 radical (unpaired) electrons. The smallest absolute Gasteiger partial charge is 0.252 e. The summed E-state index contributed by atoms with van der Waals surface area (Å²) in [5, 5.41) is 3.15. The van der Waals surface area contributed by atoms with Crippen molar-refractivity contribution >= 4 is 11.7 Å². The minimum Gasteiger partial charge on any atom is -0.368 e. The second-order valence-electron chi connectivity index (χ2n) is 4.40. The number of nitrogens with two attached hydrogens (primary N) is 1. The highest BCUT2D eigenvalue weighted by Crippen LogP contribution is 2.24. The number of primary amides is 1. The third kappa shape index (κ3) is 3.17. The van der Waals surface area contributed by atoms with Crippen LogP contribution in [0.2, 0.25) is 0 Å². The molecule has 1 aliphatic rings. The molecule has 0 saturated heterocycles. The minimum absolute atomic E-state index is 0.446. The minimum atomic E-state index is -0.448. The summed E-state index contributed by atoms with van der Waals surface area (Å²) in [6, 6.07) is 4.14. The molecule has 5 nitrogen and oxygen atoms in total. The number of nitrogens with zero attached hydrogens (tertiary/aromatic N) is 2. The quantitative estimate of drug-likeness (QED) is 0.759. The van der Waals surface area contributed by atoms with Gasteiger partial charge in [0.15, 0.2) is 0 Å². The zero-order valence-electron chi connectivity index (χ0n) is 10.0. The summed E-state index contributed by atoms with van der Waals surface area (Å²) >= 11 is 0. The molecule has 0 aliphatic heterocycles. The van der Waals surface area contributed by atoms with Crippen molar-refractivity contribution in [1.82, 2.24) is 9.88 Å². The second kappa shape index (κ2) is 5.14. The van der Waals surface area contributed by atoms with Gasteiger partial charge in [0.05, 0.1) is 5.56 Å². The topological polar surface area (TPSA) is 71.2 Å². The van der Waals surface area contributed by atoms with E-state index in [1.807, 2.05) is 0 Å². The Kier molecular flexibility index (Phi) is 3.58. The van der Waals surface area contributed by atoms with Crippen molar-refractivity contribution < 1.29 is 4.79 Å². The van der Waals surface area contributed by atoms with Crippen molar-refractivity contribution in [2.45, 2.75) is 18.9 Å². The van der Waals surface area contributed by atoms with Gasteiger partial charge in [-0.05, 0) is 32.0 Å². The molecule has 1 aromatic rings. The Morgan fingerprint density at radius 1 is 1.65 bits per heavy atom. The largest absolute Gasteiger partial charge is 0.368 e. The fraction of sp³-hybridized carbons (Fsp3) is 0.500. The van der Waals surface area contributed by atoms with Crippen molar-refractivity contribution in [2.75, 3.05) is 25.5 Å². The van der Waals surface area contributed by atoms with Crippen LogP contribution in [0.4, 0.5) is 5.82 Å². The third-order valence-corrected chi connectivity index (χ3v) is 3.00. The molecule has 0 unspecified atom stereocenters. The van der Waals surface area contributed by atoms with Gasteiger partial charge in [0.1, 0.15) is 5.82 Å². The Morgan fingerprint density at radius 3 is 3.06 bits per heavy atom. The third-order valence-electron chi connectivity index (χ3n) is 3.00. The maximum atomic E-state index is 11.2. The number of hydrogen-bond donors (Lipinski definition) is 2. The SMILES string of the molecule is CN(CCNc1ncccc1C(N)=O)C1CC1. The molecule has 0 bridgehead atoms. The van der Waals surface area contributed by atoms with Crippen molar-refractivity contribution in [3.05, 3.63) is 23.9 Å². The lowest BCUT2D eigenvalue weighted by Gasteiger charge is -2.16. The van der Waals surface area contributed by atoms with E-state index in [4.69, 9.17) is 5.73 Å². The fourth-order valence-electron chi connectivity index (χ4n) is 1.79. The maximum Gasteiger partial charge on any atom is 0.252 e. The summed E-state index contributed by atoms with van der Waals surface area (Å²) in [5.41, 5.74) is 5.72. The Morgan fingerprint density at radius 2 is 2.41 bits per heavy atom. The van der Waals surface area contributed by atoms with Gasteiger partial charge in [-0.1, -0.05) is 0 Å². The van der Waals surface area contributed by atoms with E-state index in [0.717, 1.165) is 19.1 Å². The molecule has 1 amide bonds. The molecule has 1 heterocycles. The molecule has 1 fully saturated rings. The van der Waals surface area contributed by atoms with Crippen molar-refractivity contribution in [3.8, 4) is 0 Å². The molecular formula is C12H18N4O. The van der Waals surface area contributed by atoms with Gasteiger partial charge < -0.3 is 16.0 Å². The van der Waals surface area contributed by atoms with Crippen LogP contribution >= 0.6 is 0 Å². The van der Waals surface area contributed by atoms with Gasteiger partial charge in [-0.15, -0.1) is 0 Å². The lowest BCUT2D eigenvalue weighted by molar-refractivity contribution is 0.100. The summed E-state index contributed by atoms with van der Waals surface area (Å²) in [6.45, 7) is 1.71. The van der Waals surface area contributed by atoms with Crippen LogP contribution in [0, 0.1) is 0 Å². The number of amides is 1. The van der Waals surface area contributed by atoms with Crippen LogP contribution < -0.4 is 11.1 Å². The zero-order valence-corrected chi connectivity index (χ0v) is 10.0. The second-order valence-corrected chi connectivity index (χ2v) is 4.40. The van der Waals surface area contributed by atoms with Crippen molar-refractivity contribution in [1.29, 1.82) is 0 Å². The van der Waals surface area contributed by atoms with E-state index in [0.29, 0.717) is 11.4 Å². The van der Waals surface area contributed by atoms with Gasteiger partial charge >= 0.3 is 0 Å². The predicted molar refractivity (Wildman–Crippen MR) is 66.9 cm³/mol. The van der Waals surface area contributed by atoms with E-state index in [1.165, 1.54) is 12.8 Å². The summed E-state index contributed by atoms with van der Waals surface area (Å²) in [4.78, 5) is 17.6. The first kappa shape index (κ1) is 11.9. The number of pyridine rings is 1. The molecule has 0 aromatic carbocycles. The number of carbonyl (C=O) groups excluding carboxylic acids is 1. The van der Waals surface area contributed by atoms with Crippen molar-refractivity contribution in [2.24, 2.45) is 5.73 Å². The van der Waals surface area contributed by atoms with Gasteiger partial charge in [-0.2, -0.15) is 0 Å². The lowest BCUT2D eigenvalue weighted by atomic mass is 10.2. The lowest BCUT2D eigenvalue weighted by Crippen LogP contribution is -2.27.